The Kier molecular flexibility index (Phi) is 5.86. The second-order valence-corrected chi connectivity index (χ2v) is 8.97. The van der Waals surface area contributed by atoms with Crippen molar-refractivity contribution in [1.29, 1.82) is 0 Å². The Morgan fingerprint density at radius 2 is 1.81 bits per heavy atom. The molecule has 3 aromatic carbocycles. The SMILES string of the molecule is CCn1c(NC(=O)c2ccc(Cl)c(NS(=O)(=O)c3ccc(F)cc3)c2)nc2ccccc21. The highest BCUT2D eigenvalue weighted by atomic mass is 35.5. The number of anilines is 2. The topological polar surface area (TPSA) is 93.1 Å². The highest BCUT2D eigenvalue weighted by Gasteiger charge is 2.19. The zero-order valence-corrected chi connectivity index (χ0v) is 18.4. The summed E-state index contributed by atoms with van der Waals surface area (Å²) in [5.41, 5.74) is 1.83. The van der Waals surface area contributed by atoms with Gasteiger partial charge >= 0.3 is 0 Å². The summed E-state index contributed by atoms with van der Waals surface area (Å²) in [6.45, 7) is 2.54. The third-order valence-electron chi connectivity index (χ3n) is 4.79. The Morgan fingerprint density at radius 1 is 1.09 bits per heavy atom. The molecule has 0 saturated carbocycles. The molecule has 32 heavy (non-hydrogen) atoms. The molecule has 1 amide bonds. The van der Waals surface area contributed by atoms with Gasteiger partial charge in [0.15, 0.2) is 0 Å². The van der Waals surface area contributed by atoms with Crippen LogP contribution in [0.4, 0.5) is 16.0 Å². The van der Waals surface area contributed by atoms with Gasteiger partial charge in [-0.15, -0.1) is 0 Å². The molecule has 0 spiro atoms. The molecule has 0 radical (unpaired) electrons. The van der Waals surface area contributed by atoms with Crippen molar-refractivity contribution in [3.63, 3.8) is 0 Å². The first-order valence-electron chi connectivity index (χ1n) is 9.63. The minimum Gasteiger partial charge on any atom is -0.310 e. The normalized spacial score (nSPS) is 11.5. The molecule has 0 saturated heterocycles. The number of hydrogen-bond acceptors (Lipinski definition) is 4. The van der Waals surface area contributed by atoms with E-state index in [1.54, 1.807) is 0 Å². The van der Waals surface area contributed by atoms with Crippen molar-refractivity contribution in [1.82, 2.24) is 9.55 Å². The van der Waals surface area contributed by atoms with Gasteiger partial charge in [0.25, 0.3) is 15.9 Å². The molecular weight excluding hydrogens is 455 g/mol. The predicted octanol–water partition coefficient (Wildman–Crippen LogP) is 4.90. The number of carbonyl (C=O) groups is 1. The summed E-state index contributed by atoms with van der Waals surface area (Å²) < 4.78 is 42.6. The number of nitrogens with zero attached hydrogens (tertiary/aromatic N) is 2. The number of sulfonamides is 1. The van der Waals surface area contributed by atoms with Crippen LogP contribution in [-0.2, 0) is 16.6 Å². The lowest BCUT2D eigenvalue weighted by Gasteiger charge is -2.12. The molecule has 2 N–H and O–H groups in total. The molecule has 0 bridgehead atoms. The number of rotatable bonds is 6. The Hall–Kier alpha value is -3.43. The second kappa shape index (κ2) is 8.60. The quantitative estimate of drug-likeness (QED) is 0.417. The van der Waals surface area contributed by atoms with E-state index in [4.69, 9.17) is 11.6 Å². The van der Waals surface area contributed by atoms with Crippen molar-refractivity contribution in [2.75, 3.05) is 10.0 Å². The number of nitrogens with one attached hydrogen (secondary N) is 2. The predicted molar refractivity (Wildman–Crippen MR) is 122 cm³/mol. The average molecular weight is 473 g/mol. The van der Waals surface area contributed by atoms with E-state index in [9.17, 15) is 17.6 Å². The summed E-state index contributed by atoms with van der Waals surface area (Å²) in [4.78, 5) is 17.2. The molecule has 1 aromatic heterocycles. The first-order valence-corrected chi connectivity index (χ1v) is 11.5. The van der Waals surface area contributed by atoms with E-state index >= 15 is 0 Å². The third kappa shape index (κ3) is 4.30. The van der Waals surface area contributed by atoms with E-state index in [0.717, 1.165) is 35.3 Å². The number of aryl methyl sites for hydroxylation is 1. The highest BCUT2D eigenvalue weighted by molar-refractivity contribution is 7.92. The molecule has 10 heteroatoms. The van der Waals surface area contributed by atoms with Crippen LogP contribution in [-0.4, -0.2) is 23.9 Å². The smallest absolute Gasteiger partial charge is 0.261 e. The van der Waals surface area contributed by atoms with Crippen molar-refractivity contribution in [3.05, 3.63) is 83.1 Å². The van der Waals surface area contributed by atoms with Gasteiger partial charge in [0.05, 0.1) is 26.6 Å². The lowest BCUT2D eigenvalue weighted by molar-refractivity contribution is 0.102. The highest BCUT2D eigenvalue weighted by Crippen LogP contribution is 2.27. The molecule has 4 rings (SSSR count). The number of para-hydroxylation sites is 2. The van der Waals surface area contributed by atoms with Gasteiger partial charge in [-0.2, -0.15) is 0 Å². The number of carbonyl (C=O) groups excluding carboxylic acids is 1. The number of hydrogen-bond donors (Lipinski definition) is 2. The maximum atomic E-state index is 13.1. The third-order valence-corrected chi connectivity index (χ3v) is 6.50. The van der Waals surface area contributed by atoms with Crippen LogP contribution >= 0.6 is 11.6 Å². The Bertz CT molecular complexity index is 1420. The fourth-order valence-corrected chi connectivity index (χ4v) is 4.52. The molecule has 7 nitrogen and oxygen atoms in total. The van der Waals surface area contributed by atoms with E-state index in [1.165, 1.54) is 18.2 Å². The molecule has 0 unspecified atom stereocenters. The number of imidazole rings is 1. The van der Waals surface area contributed by atoms with Crippen molar-refractivity contribution < 1.29 is 17.6 Å². The summed E-state index contributed by atoms with van der Waals surface area (Å²) in [5, 5.41) is 2.87. The molecule has 0 aliphatic heterocycles. The van der Waals surface area contributed by atoms with Gasteiger partial charge in [0.2, 0.25) is 5.95 Å². The standard InChI is InChI=1S/C22H18ClFN4O3S/c1-2-28-20-6-4-3-5-18(20)25-22(28)26-21(29)14-7-12-17(23)19(13-14)27-32(30,31)16-10-8-15(24)9-11-16/h3-13,27H,2H2,1H3,(H,25,26,29). The van der Waals surface area contributed by atoms with Crippen LogP contribution in [0.3, 0.4) is 0 Å². The molecule has 0 fully saturated rings. The fraction of sp³-hybridized carbons (Fsp3) is 0.0909. The minimum atomic E-state index is -4.03. The molecule has 164 valence electrons. The maximum absolute atomic E-state index is 13.1. The van der Waals surface area contributed by atoms with Crippen molar-refractivity contribution in [3.8, 4) is 0 Å². The van der Waals surface area contributed by atoms with Gasteiger partial charge in [-0.3, -0.25) is 14.8 Å². The fourth-order valence-electron chi connectivity index (χ4n) is 3.23. The zero-order valence-electron chi connectivity index (χ0n) is 16.8. The van der Waals surface area contributed by atoms with Crippen LogP contribution in [0.2, 0.25) is 5.02 Å². The molecule has 0 aliphatic carbocycles. The molecule has 1 heterocycles. The van der Waals surface area contributed by atoms with Crippen LogP contribution < -0.4 is 10.0 Å². The molecular formula is C22H18ClFN4O3S. The van der Waals surface area contributed by atoms with E-state index in [1.807, 2.05) is 35.8 Å². The molecule has 0 atom stereocenters. The molecule has 4 aromatic rings. The van der Waals surface area contributed by atoms with Gasteiger partial charge in [-0.05, 0) is 61.5 Å². The van der Waals surface area contributed by atoms with E-state index in [0.29, 0.717) is 12.5 Å². The van der Waals surface area contributed by atoms with Crippen LogP contribution in [0.15, 0.2) is 71.6 Å². The first kappa shape index (κ1) is 21.8. The minimum absolute atomic E-state index is 0.0210. The largest absolute Gasteiger partial charge is 0.310 e. The van der Waals surface area contributed by atoms with Crippen LogP contribution in [0.25, 0.3) is 11.0 Å². The Balaban J connectivity index is 1.61. The van der Waals surface area contributed by atoms with Crippen molar-refractivity contribution in [2.24, 2.45) is 0 Å². The van der Waals surface area contributed by atoms with Gasteiger partial charge in [-0.25, -0.2) is 17.8 Å². The average Bonchev–Trinajstić information content (AvgIpc) is 3.12. The van der Waals surface area contributed by atoms with E-state index < -0.39 is 21.7 Å². The second-order valence-electron chi connectivity index (χ2n) is 6.88. The van der Waals surface area contributed by atoms with Crippen LogP contribution in [0.1, 0.15) is 17.3 Å². The van der Waals surface area contributed by atoms with E-state index in [2.05, 4.69) is 15.0 Å². The van der Waals surface area contributed by atoms with Gasteiger partial charge in [0.1, 0.15) is 5.82 Å². The van der Waals surface area contributed by atoms with Crippen LogP contribution in [0, 0.1) is 5.82 Å². The van der Waals surface area contributed by atoms with E-state index in [-0.39, 0.29) is 21.2 Å². The summed E-state index contributed by atoms with van der Waals surface area (Å²) in [6.07, 6.45) is 0. The zero-order chi connectivity index (χ0) is 22.9. The van der Waals surface area contributed by atoms with Crippen molar-refractivity contribution in [2.45, 2.75) is 18.4 Å². The maximum Gasteiger partial charge on any atom is 0.261 e. The molecule has 0 aliphatic rings. The Morgan fingerprint density at radius 3 is 2.53 bits per heavy atom. The number of aromatic nitrogens is 2. The monoisotopic (exact) mass is 472 g/mol. The summed E-state index contributed by atoms with van der Waals surface area (Å²) >= 11 is 6.15. The number of halogens is 2. The number of fused-ring (bicyclic) bond motifs is 1. The van der Waals surface area contributed by atoms with Crippen molar-refractivity contribution >= 4 is 50.2 Å². The summed E-state index contributed by atoms with van der Waals surface area (Å²) in [6, 6.07) is 16.1. The lowest BCUT2D eigenvalue weighted by atomic mass is 10.2. The van der Waals surface area contributed by atoms with Gasteiger partial charge in [-0.1, -0.05) is 23.7 Å². The lowest BCUT2D eigenvalue weighted by Crippen LogP contribution is -2.17. The number of amides is 1. The first-order chi connectivity index (χ1) is 15.3. The van der Waals surface area contributed by atoms with Crippen LogP contribution in [0.5, 0.6) is 0 Å². The van der Waals surface area contributed by atoms with Gasteiger partial charge in [0, 0.05) is 12.1 Å². The summed E-state index contributed by atoms with van der Waals surface area (Å²) in [5.74, 6) is -0.658. The Labute approximate surface area is 188 Å². The number of benzene rings is 3. The van der Waals surface area contributed by atoms with Gasteiger partial charge < -0.3 is 4.57 Å². The summed E-state index contributed by atoms with van der Waals surface area (Å²) in [7, 11) is -4.03.